The minimum Gasteiger partial charge on any atom is -0.423 e. The van der Waals surface area contributed by atoms with Crippen molar-refractivity contribution in [2.24, 2.45) is 0 Å². The molecule has 1 aromatic carbocycles. The van der Waals surface area contributed by atoms with E-state index in [9.17, 15) is 5.02 Å². The zero-order chi connectivity index (χ0) is 29.7. The first-order valence-electron chi connectivity index (χ1n) is 14.4. The number of benzene rings is 1. The van der Waals surface area contributed by atoms with E-state index >= 15 is 0 Å². The Morgan fingerprint density at radius 1 is 0.514 bits per heavy atom. The van der Waals surface area contributed by atoms with Crippen LogP contribution in [0.1, 0.15) is 32.2 Å². The molecule has 0 amide bonds. The summed E-state index contributed by atoms with van der Waals surface area (Å²) < 4.78 is 5.84. The molecule has 0 fully saturated rings. The molecular weight excluding hydrogens is 548 g/mol. The Morgan fingerprint density at radius 2 is 0.757 bits per heavy atom. The summed E-state index contributed by atoms with van der Waals surface area (Å²) in [6.45, 7) is 46.1. The van der Waals surface area contributed by atoms with Gasteiger partial charge in [0.2, 0.25) is 0 Å². The van der Waals surface area contributed by atoms with Gasteiger partial charge in [-0.05, 0) is 37.6 Å². The Hall–Kier alpha value is 0.506. The van der Waals surface area contributed by atoms with Gasteiger partial charge < -0.3 is 9.68 Å². The lowest BCUT2D eigenvalue weighted by Gasteiger charge is -2.46. The molecule has 0 heterocycles. The SMILES string of the molecule is COB(O)c1c(C([Si](C)(C)C)[Si](C)(C)C)cc(C([Si](C)(C)C)[Si](C)(C)C)cc1C([Si](C)(C)C)[Si](C)(C)C. The number of rotatable bonds is 11. The predicted molar refractivity (Wildman–Crippen MR) is 189 cm³/mol. The molecule has 1 N–H and O–H groups in total. The molecule has 0 atom stereocenters. The highest BCUT2D eigenvalue weighted by atomic mass is 28.4. The smallest absolute Gasteiger partial charge is 0.423 e. The highest BCUT2D eigenvalue weighted by molar-refractivity contribution is 6.98. The van der Waals surface area contributed by atoms with Crippen molar-refractivity contribution < 1.29 is 9.68 Å². The van der Waals surface area contributed by atoms with Gasteiger partial charge >= 0.3 is 7.12 Å². The Kier molecular flexibility index (Phi) is 11.0. The number of hydrogen-bond donors (Lipinski definition) is 1. The average molecular weight is 611 g/mol. The largest absolute Gasteiger partial charge is 0.491 e. The second-order valence-corrected chi connectivity index (χ2v) is 51.8. The van der Waals surface area contributed by atoms with Crippen LogP contribution in [0.5, 0.6) is 0 Å². The van der Waals surface area contributed by atoms with E-state index in [0.717, 1.165) is 5.46 Å². The van der Waals surface area contributed by atoms with Crippen LogP contribution < -0.4 is 5.46 Å². The van der Waals surface area contributed by atoms with Crippen molar-refractivity contribution in [1.29, 1.82) is 0 Å². The maximum absolute atomic E-state index is 11.7. The monoisotopic (exact) mass is 610 g/mol. The summed E-state index contributed by atoms with van der Waals surface area (Å²) in [5.74, 6) is 0. The molecule has 0 spiro atoms. The van der Waals surface area contributed by atoms with Crippen LogP contribution in [-0.2, 0) is 4.65 Å². The van der Waals surface area contributed by atoms with Gasteiger partial charge in [0, 0.05) is 55.6 Å². The fourth-order valence-electron chi connectivity index (χ4n) is 8.53. The van der Waals surface area contributed by atoms with Crippen LogP contribution in [-0.4, -0.2) is 67.7 Å². The second-order valence-electron chi connectivity index (χ2n) is 18.2. The van der Waals surface area contributed by atoms with Gasteiger partial charge in [-0.3, -0.25) is 0 Å². The van der Waals surface area contributed by atoms with E-state index in [1.165, 1.54) is 11.1 Å². The third-order valence-electron chi connectivity index (χ3n) is 7.89. The lowest BCUT2D eigenvalue weighted by molar-refractivity contribution is 0.341. The maximum atomic E-state index is 11.7. The van der Waals surface area contributed by atoms with E-state index in [2.05, 4.69) is 130 Å². The molecule has 0 saturated heterocycles. The summed E-state index contributed by atoms with van der Waals surface area (Å²) in [6, 6.07) is 5.24. The molecule has 0 aromatic heterocycles. The highest BCUT2D eigenvalue weighted by Crippen LogP contribution is 2.44. The lowest BCUT2D eigenvalue weighted by atomic mass is 9.73. The molecule has 0 aliphatic rings. The van der Waals surface area contributed by atoms with Crippen molar-refractivity contribution in [3.8, 4) is 0 Å². The van der Waals surface area contributed by atoms with Crippen molar-refractivity contribution in [2.75, 3.05) is 7.11 Å². The van der Waals surface area contributed by atoms with Gasteiger partial charge in [-0.2, -0.15) is 0 Å². The fourth-order valence-corrected chi connectivity index (χ4v) is 46.7. The summed E-state index contributed by atoms with van der Waals surface area (Å²) in [5.41, 5.74) is 5.67. The van der Waals surface area contributed by atoms with Crippen molar-refractivity contribution in [1.82, 2.24) is 0 Å². The van der Waals surface area contributed by atoms with Crippen LogP contribution in [0.4, 0.5) is 0 Å². The van der Waals surface area contributed by atoms with Crippen LogP contribution in [0.3, 0.4) is 0 Å². The van der Waals surface area contributed by atoms with E-state index in [1.807, 2.05) is 0 Å². The van der Waals surface area contributed by atoms with E-state index in [4.69, 9.17) is 4.65 Å². The first-order valence-corrected chi connectivity index (χ1v) is 35.9. The van der Waals surface area contributed by atoms with Crippen LogP contribution in [0.2, 0.25) is 118 Å². The molecule has 1 aromatic rings. The normalized spacial score (nSPS) is 14.8. The quantitative estimate of drug-likeness (QED) is 0.255. The Morgan fingerprint density at radius 3 is 0.946 bits per heavy atom. The summed E-state index contributed by atoms with van der Waals surface area (Å²) in [6.07, 6.45) is 0. The summed E-state index contributed by atoms with van der Waals surface area (Å²) in [7, 11) is -8.62. The zero-order valence-corrected chi connectivity index (χ0v) is 34.3. The zero-order valence-electron chi connectivity index (χ0n) is 28.3. The Bertz CT molecular complexity index is 830. The summed E-state index contributed by atoms with van der Waals surface area (Å²) in [4.78, 5) is 0. The standard InChI is InChI=1S/C28H63BO2Si6/c1-31-29(30)25-23(27(34(8,9)10)35(11,12)13)20-22(26(32(2,3)4)33(5,6)7)21-24(25)28(36(14,15)16)37(17,18)19/h20-21,26-28,30H,1-19H3. The van der Waals surface area contributed by atoms with Crippen LogP contribution in [0.25, 0.3) is 0 Å². The van der Waals surface area contributed by atoms with Gasteiger partial charge in [0.1, 0.15) is 0 Å². The maximum Gasteiger partial charge on any atom is 0.491 e. The van der Waals surface area contributed by atoms with E-state index in [0.29, 0.717) is 15.5 Å². The topological polar surface area (TPSA) is 29.5 Å². The van der Waals surface area contributed by atoms with Crippen LogP contribution >= 0.6 is 0 Å². The van der Waals surface area contributed by atoms with Gasteiger partial charge in [-0.15, -0.1) is 0 Å². The molecule has 0 aliphatic carbocycles. The lowest BCUT2D eigenvalue weighted by Crippen LogP contribution is -2.55. The van der Waals surface area contributed by atoms with Crippen LogP contribution in [0, 0.1) is 0 Å². The minimum absolute atomic E-state index is 0.561. The Balaban J connectivity index is 4.57. The third kappa shape index (κ3) is 8.74. The van der Waals surface area contributed by atoms with Crippen molar-refractivity contribution in [3.63, 3.8) is 0 Å². The molecule has 0 radical (unpaired) electrons. The summed E-state index contributed by atoms with van der Waals surface area (Å²) in [5, 5.41) is 13.5. The van der Waals surface area contributed by atoms with Gasteiger partial charge in [-0.1, -0.05) is 130 Å². The van der Waals surface area contributed by atoms with Gasteiger partial charge in [0.05, 0.1) is 0 Å². The molecule has 37 heavy (non-hydrogen) atoms. The van der Waals surface area contributed by atoms with Gasteiger partial charge in [-0.25, -0.2) is 0 Å². The molecule has 2 nitrogen and oxygen atoms in total. The Labute approximate surface area is 239 Å². The molecule has 0 unspecified atom stereocenters. The molecule has 0 bridgehead atoms. The van der Waals surface area contributed by atoms with Gasteiger partial charge in [0.15, 0.2) is 0 Å². The predicted octanol–water partition coefficient (Wildman–Crippen LogP) is 8.54. The third-order valence-corrected chi connectivity index (χ3v) is 35.8. The molecule has 1 rings (SSSR count). The van der Waals surface area contributed by atoms with Crippen LogP contribution in [0.15, 0.2) is 12.1 Å². The molecular formula is C28H63BO2Si6. The molecule has 0 aliphatic heterocycles. The minimum atomic E-state index is -1.61. The number of hydrogen-bond acceptors (Lipinski definition) is 2. The van der Waals surface area contributed by atoms with E-state index in [1.54, 1.807) is 12.7 Å². The van der Waals surface area contributed by atoms with Gasteiger partial charge in [0.25, 0.3) is 0 Å². The first kappa shape index (κ1) is 35.5. The van der Waals surface area contributed by atoms with Crippen molar-refractivity contribution >= 4 is 61.0 Å². The first-order chi connectivity index (χ1) is 16.1. The summed E-state index contributed by atoms with van der Waals surface area (Å²) >= 11 is 0. The second kappa shape index (κ2) is 11.4. The average Bonchev–Trinajstić information content (AvgIpc) is 2.53. The van der Waals surface area contributed by atoms with Crippen molar-refractivity contribution in [3.05, 3.63) is 28.8 Å². The highest BCUT2D eigenvalue weighted by Gasteiger charge is 2.47. The van der Waals surface area contributed by atoms with E-state index in [-0.39, 0.29) is 0 Å². The van der Waals surface area contributed by atoms with E-state index < -0.39 is 55.6 Å². The van der Waals surface area contributed by atoms with Crippen molar-refractivity contribution in [2.45, 2.75) is 133 Å². The molecule has 0 saturated carbocycles. The fraction of sp³-hybridized carbons (Fsp3) is 0.786. The molecule has 9 heteroatoms. The molecule has 214 valence electrons.